The first-order valence-electron chi connectivity index (χ1n) is 10.0. The third kappa shape index (κ3) is 7.34. The molecule has 0 spiro atoms. The molecule has 0 bridgehead atoms. The molecule has 0 nitrogen and oxygen atoms in total. The largest absolute Gasteiger partial charge is 0.0654 e. The first-order chi connectivity index (χ1) is 11.9. The molecular formula is C24H34. The summed E-state index contributed by atoms with van der Waals surface area (Å²) in [6.07, 6.45) is 15.3. The van der Waals surface area contributed by atoms with Gasteiger partial charge in [-0.05, 0) is 29.5 Å². The minimum atomic E-state index is 1.22. The summed E-state index contributed by atoms with van der Waals surface area (Å²) in [4.78, 5) is 0. The van der Waals surface area contributed by atoms with Crippen molar-refractivity contribution in [1.82, 2.24) is 0 Å². The van der Waals surface area contributed by atoms with Crippen LogP contribution in [0, 0.1) is 0 Å². The average Bonchev–Trinajstić information content (AvgIpc) is 2.64. The standard InChI is InChI=1S/C24H34/c1-2-3-4-5-6-7-8-9-10-12-16-22-17-15-20-24(21-22)23-18-13-11-14-19-23/h11,13-15,17-21H,2-10,12,16H2,1H3. The Balaban J connectivity index is 1.60. The van der Waals surface area contributed by atoms with Crippen LogP contribution in [-0.4, -0.2) is 0 Å². The molecule has 0 N–H and O–H groups in total. The molecule has 0 unspecified atom stereocenters. The van der Waals surface area contributed by atoms with Crippen LogP contribution in [0.5, 0.6) is 0 Å². The highest BCUT2D eigenvalue weighted by Crippen LogP contribution is 2.21. The molecule has 24 heavy (non-hydrogen) atoms. The van der Waals surface area contributed by atoms with E-state index >= 15 is 0 Å². The van der Waals surface area contributed by atoms with Gasteiger partial charge in [0.1, 0.15) is 0 Å². The van der Waals surface area contributed by atoms with Gasteiger partial charge in [-0.25, -0.2) is 0 Å². The van der Waals surface area contributed by atoms with Crippen LogP contribution in [0.2, 0.25) is 0 Å². The van der Waals surface area contributed by atoms with E-state index in [4.69, 9.17) is 0 Å². The molecule has 0 aliphatic rings. The lowest BCUT2D eigenvalue weighted by Crippen LogP contribution is -1.88. The summed E-state index contributed by atoms with van der Waals surface area (Å²) < 4.78 is 0. The molecule has 0 heterocycles. The highest BCUT2D eigenvalue weighted by molar-refractivity contribution is 5.63. The van der Waals surface area contributed by atoms with E-state index in [1.54, 1.807) is 0 Å². The van der Waals surface area contributed by atoms with E-state index in [1.807, 2.05) is 0 Å². The Kier molecular flexibility index (Phi) is 9.31. The monoisotopic (exact) mass is 322 g/mol. The normalized spacial score (nSPS) is 10.9. The Morgan fingerprint density at radius 2 is 1.12 bits per heavy atom. The maximum Gasteiger partial charge on any atom is -0.0181 e. The van der Waals surface area contributed by atoms with Crippen molar-refractivity contribution in [3.63, 3.8) is 0 Å². The molecule has 0 aromatic heterocycles. The van der Waals surface area contributed by atoms with Crippen LogP contribution < -0.4 is 0 Å². The summed E-state index contributed by atoms with van der Waals surface area (Å²) in [6.45, 7) is 2.29. The zero-order valence-corrected chi connectivity index (χ0v) is 15.5. The number of hydrogen-bond donors (Lipinski definition) is 0. The third-order valence-electron chi connectivity index (χ3n) is 4.85. The summed E-state index contributed by atoms with van der Waals surface area (Å²) in [7, 11) is 0. The molecule has 0 saturated heterocycles. The topological polar surface area (TPSA) is 0 Å². The van der Waals surface area contributed by atoms with Gasteiger partial charge in [-0.15, -0.1) is 0 Å². The number of hydrogen-bond acceptors (Lipinski definition) is 0. The van der Waals surface area contributed by atoms with Crippen molar-refractivity contribution in [1.29, 1.82) is 0 Å². The van der Waals surface area contributed by atoms with Crippen molar-refractivity contribution in [2.24, 2.45) is 0 Å². The van der Waals surface area contributed by atoms with Gasteiger partial charge < -0.3 is 0 Å². The maximum atomic E-state index is 2.36. The molecule has 0 atom stereocenters. The minimum absolute atomic E-state index is 1.22. The fraction of sp³-hybridized carbons (Fsp3) is 0.500. The van der Waals surface area contributed by atoms with E-state index in [0.29, 0.717) is 0 Å². The number of aryl methyl sites for hydroxylation is 1. The van der Waals surface area contributed by atoms with E-state index in [-0.39, 0.29) is 0 Å². The van der Waals surface area contributed by atoms with Crippen molar-refractivity contribution in [3.8, 4) is 11.1 Å². The second-order valence-electron chi connectivity index (χ2n) is 7.00. The smallest absolute Gasteiger partial charge is 0.0181 e. The van der Waals surface area contributed by atoms with E-state index < -0.39 is 0 Å². The van der Waals surface area contributed by atoms with Gasteiger partial charge >= 0.3 is 0 Å². The zero-order chi connectivity index (χ0) is 16.9. The lowest BCUT2D eigenvalue weighted by Gasteiger charge is -2.06. The van der Waals surface area contributed by atoms with E-state index in [9.17, 15) is 0 Å². The molecule has 0 fully saturated rings. The molecule has 2 aromatic carbocycles. The van der Waals surface area contributed by atoms with Gasteiger partial charge in [0.05, 0.1) is 0 Å². The SMILES string of the molecule is CCCCCCCCCCCCc1cccc(-c2ccccc2)c1. The average molecular weight is 323 g/mol. The first kappa shape index (κ1) is 18.8. The number of unbranched alkanes of at least 4 members (excludes halogenated alkanes) is 9. The quantitative estimate of drug-likeness (QED) is 0.349. The molecule has 0 heteroatoms. The van der Waals surface area contributed by atoms with Gasteiger partial charge in [0.2, 0.25) is 0 Å². The van der Waals surface area contributed by atoms with Crippen molar-refractivity contribution < 1.29 is 0 Å². The van der Waals surface area contributed by atoms with Crippen molar-refractivity contribution in [2.75, 3.05) is 0 Å². The summed E-state index contributed by atoms with van der Waals surface area (Å²) in [5, 5.41) is 0. The Bertz CT molecular complexity index is 541. The summed E-state index contributed by atoms with van der Waals surface area (Å²) in [5.74, 6) is 0. The molecule has 0 saturated carbocycles. The lowest BCUT2D eigenvalue weighted by atomic mass is 9.99. The van der Waals surface area contributed by atoms with E-state index in [1.165, 1.54) is 87.3 Å². The van der Waals surface area contributed by atoms with Crippen LogP contribution in [0.4, 0.5) is 0 Å². The van der Waals surface area contributed by atoms with Gasteiger partial charge in [-0.3, -0.25) is 0 Å². The van der Waals surface area contributed by atoms with Crippen molar-refractivity contribution >= 4 is 0 Å². The highest BCUT2D eigenvalue weighted by Gasteiger charge is 1.99. The second-order valence-corrected chi connectivity index (χ2v) is 7.00. The Hall–Kier alpha value is -1.56. The summed E-state index contributed by atoms with van der Waals surface area (Å²) >= 11 is 0. The Morgan fingerprint density at radius 1 is 0.542 bits per heavy atom. The van der Waals surface area contributed by atoms with Gasteiger partial charge in [-0.1, -0.05) is 119 Å². The number of benzene rings is 2. The van der Waals surface area contributed by atoms with Crippen LogP contribution in [0.3, 0.4) is 0 Å². The predicted octanol–water partition coefficient (Wildman–Crippen LogP) is 7.82. The van der Waals surface area contributed by atoms with Crippen LogP contribution in [-0.2, 0) is 6.42 Å². The third-order valence-corrected chi connectivity index (χ3v) is 4.85. The molecule has 2 aromatic rings. The van der Waals surface area contributed by atoms with Crippen LogP contribution in [0.1, 0.15) is 76.7 Å². The summed E-state index contributed by atoms with van der Waals surface area (Å²) in [5.41, 5.74) is 4.15. The van der Waals surface area contributed by atoms with Gasteiger partial charge in [-0.2, -0.15) is 0 Å². The fourth-order valence-corrected chi connectivity index (χ4v) is 3.35. The van der Waals surface area contributed by atoms with E-state index in [2.05, 4.69) is 61.5 Å². The Morgan fingerprint density at radius 3 is 1.79 bits per heavy atom. The summed E-state index contributed by atoms with van der Waals surface area (Å²) in [6, 6.07) is 19.8. The first-order valence-corrected chi connectivity index (χ1v) is 10.0. The molecule has 0 aliphatic carbocycles. The fourth-order valence-electron chi connectivity index (χ4n) is 3.35. The molecule has 2 rings (SSSR count). The van der Waals surface area contributed by atoms with Crippen molar-refractivity contribution in [2.45, 2.75) is 77.6 Å². The molecule has 0 amide bonds. The second kappa shape index (κ2) is 11.9. The van der Waals surface area contributed by atoms with Gasteiger partial charge in [0.15, 0.2) is 0 Å². The van der Waals surface area contributed by atoms with Crippen LogP contribution >= 0.6 is 0 Å². The van der Waals surface area contributed by atoms with E-state index in [0.717, 1.165) is 0 Å². The minimum Gasteiger partial charge on any atom is -0.0654 e. The molecular weight excluding hydrogens is 288 g/mol. The van der Waals surface area contributed by atoms with Crippen LogP contribution in [0.15, 0.2) is 54.6 Å². The maximum absolute atomic E-state index is 2.36. The lowest BCUT2D eigenvalue weighted by molar-refractivity contribution is 0.556. The molecule has 130 valence electrons. The van der Waals surface area contributed by atoms with Crippen LogP contribution in [0.25, 0.3) is 11.1 Å². The molecule has 0 radical (unpaired) electrons. The zero-order valence-electron chi connectivity index (χ0n) is 15.5. The highest BCUT2D eigenvalue weighted by atomic mass is 14.0. The predicted molar refractivity (Wildman–Crippen MR) is 107 cm³/mol. The number of rotatable bonds is 12. The Labute approximate surface area is 149 Å². The van der Waals surface area contributed by atoms with Gasteiger partial charge in [0.25, 0.3) is 0 Å². The van der Waals surface area contributed by atoms with Gasteiger partial charge in [0, 0.05) is 0 Å². The molecule has 0 aliphatic heterocycles. The van der Waals surface area contributed by atoms with Crippen molar-refractivity contribution in [3.05, 3.63) is 60.2 Å².